The summed E-state index contributed by atoms with van der Waals surface area (Å²) in [5.41, 5.74) is 0.168. The van der Waals surface area contributed by atoms with Crippen LogP contribution in [-0.2, 0) is 6.54 Å². The second-order valence-corrected chi connectivity index (χ2v) is 6.70. The molecule has 0 aliphatic rings. The first kappa shape index (κ1) is 16.8. The van der Waals surface area contributed by atoms with E-state index >= 15 is 0 Å². The molecule has 0 heterocycles. The molecule has 2 aromatic carbocycles. The highest BCUT2D eigenvalue weighted by atomic mass is 35.5. The quantitative estimate of drug-likeness (QED) is 0.785. The zero-order valence-corrected chi connectivity index (χ0v) is 14.2. The predicted octanol–water partition coefficient (Wildman–Crippen LogP) is 3.80. The Bertz CT molecular complexity index is 762. The molecule has 0 aliphatic carbocycles. The maximum atomic E-state index is 11.8. The number of hydrogen-bond acceptors (Lipinski definition) is 4. The number of rotatable bonds is 6. The van der Waals surface area contributed by atoms with Crippen molar-refractivity contribution in [1.29, 1.82) is 0 Å². The van der Waals surface area contributed by atoms with Gasteiger partial charge in [0.25, 0.3) is 10.9 Å². The van der Waals surface area contributed by atoms with Crippen LogP contribution in [0, 0.1) is 0 Å². The van der Waals surface area contributed by atoms with Gasteiger partial charge in [-0.3, -0.25) is 9.59 Å². The van der Waals surface area contributed by atoms with E-state index in [9.17, 15) is 9.59 Å². The summed E-state index contributed by atoms with van der Waals surface area (Å²) < 4.78 is 0. The standard InChI is InChI=1S/C16H18Cl2N2O2/c1-4-16(2,3)20-13-12(14(21)15(13)22)19-8-9-7-10(17)5-6-11(9)18/h5-7,19-20H,4,8H2,1-3H3. The molecule has 0 spiro atoms. The molecular formula is C16H18Cl2N2O2. The molecule has 0 fully saturated rings. The Morgan fingerprint density at radius 3 is 2.36 bits per heavy atom. The van der Waals surface area contributed by atoms with Gasteiger partial charge in [0.1, 0.15) is 11.4 Å². The topological polar surface area (TPSA) is 58.2 Å². The van der Waals surface area contributed by atoms with Crippen LogP contribution in [-0.4, -0.2) is 5.54 Å². The lowest BCUT2D eigenvalue weighted by Crippen LogP contribution is -2.42. The lowest BCUT2D eigenvalue weighted by molar-refractivity contribution is 0.546. The van der Waals surface area contributed by atoms with Gasteiger partial charge >= 0.3 is 0 Å². The summed E-state index contributed by atoms with van der Waals surface area (Å²) in [7, 11) is 0. The first-order valence-corrected chi connectivity index (χ1v) is 7.80. The Morgan fingerprint density at radius 1 is 1.09 bits per heavy atom. The van der Waals surface area contributed by atoms with Crippen LogP contribution < -0.4 is 21.5 Å². The molecule has 0 saturated heterocycles. The molecule has 0 aromatic heterocycles. The first-order chi connectivity index (χ1) is 10.2. The Hall–Kier alpha value is -1.52. The summed E-state index contributed by atoms with van der Waals surface area (Å²) in [5.74, 6) is 0. The van der Waals surface area contributed by atoms with Crippen LogP contribution >= 0.6 is 23.2 Å². The summed E-state index contributed by atoms with van der Waals surface area (Å²) in [6.45, 7) is 6.28. The van der Waals surface area contributed by atoms with Crippen molar-refractivity contribution in [3.8, 4) is 0 Å². The van der Waals surface area contributed by atoms with E-state index in [-0.39, 0.29) is 5.54 Å². The first-order valence-electron chi connectivity index (χ1n) is 7.04. The van der Waals surface area contributed by atoms with Gasteiger partial charge in [-0.05, 0) is 44.0 Å². The Morgan fingerprint density at radius 2 is 1.73 bits per heavy atom. The number of halogens is 2. The van der Waals surface area contributed by atoms with Crippen molar-refractivity contribution in [2.75, 3.05) is 10.6 Å². The van der Waals surface area contributed by atoms with Crippen molar-refractivity contribution in [3.05, 3.63) is 54.3 Å². The van der Waals surface area contributed by atoms with Crippen molar-refractivity contribution < 1.29 is 0 Å². The second kappa shape index (κ2) is 6.31. The average molecular weight is 341 g/mol. The number of nitrogens with one attached hydrogen (secondary N) is 2. The van der Waals surface area contributed by atoms with E-state index in [0.717, 1.165) is 12.0 Å². The lowest BCUT2D eigenvalue weighted by atomic mass is 10.00. The van der Waals surface area contributed by atoms with Crippen LogP contribution in [0.5, 0.6) is 0 Å². The van der Waals surface area contributed by atoms with Gasteiger partial charge in [-0.15, -0.1) is 0 Å². The van der Waals surface area contributed by atoms with E-state index in [1.807, 2.05) is 20.8 Å². The Labute approximate surface area is 139 Å². The van der Waals surface area contributed by atoms with Gasteiger partial charge in [-0.2, -0.15) is 0 Å². The highest BCUT2D eigenvalue weighted by Gasteiger charge is 2.25. The molecule has 0 radical (unpaired) electrons. The number of hydrogen-bond donors (Lipinski definition) is 2. The predicted molar refractivity (Wildman–Crippen MR) is 93.1 cm³/mol. The van der Waals surface area contributed by atoms with E-state index in [2.05, 4.69) is 10.6 Å². The minimum atomic E-state index is -0.507. The van der Waals surface area contributed by atoms with Crippen molar-refractivity contribution >= 4 is 34.6 Å². The lowest BCUT2D eigenvalue weighted by Gasteiger charge is -2.28. The van der Waals surface area contributed by atoms with E-state index < -0.39 is 10.9 Å². The van der Waals surface area contributed by atoms with Crippen LogP contribution in [0.25, 0.3) is 0 Å². The maximum Gasteiger partial charge on any atom is 0.253 e. The SMILES string of the molecule is CCC(C)(C)Nc1c(NCc2cc(Cl)ccc2Cl)c(=O)c1=O. The summed E-state index contributed by atoms with van der Waals surface area (Å²) in [4.78, 5) is 23.5. The maximum absolute atomic E-state index is 11.8. The fourth-order valence-electron chi connectivity index (χ4n) is 1.97. The van der Waals surface area contributed by atoms with Gasteiger partial charge in [-0.25, -0.2) is 0 Å². The number of benzene rings is 1. The minimum absolute atomic E-state index is 0.258. The molecular weight excluding hydrogens is 323 g/mol. The molecule has 6 heteroatoms. The van der Waals surface area contributed by atoms with Crippen LogP contribution in [0.4, 0.5) is 11.4 Å². The summed E-state index contributed by atoms with van der Waals surface area (Å²) >= 11 is 12.0. The molecule has 0 bridgehead atoms. The molecule has 2 aromatic rings. The monoisotopic (exact) mass is 340 g/mol. The van der Waals surface area contributed by atoms with Gasteiger partial charge in [0.05, 0.1) is 0 Å². The van der Waals surface area contributed by atoms with Crippen LogP contribution in [0.1, 0.15) is 32.8 Å². The fraction of sp³-hybridized carbons (Fsp3) is 0.375. The summed E-state index contributed by atoms with van der Waals surface area (Å²) in [6, 6.07) is 5.12. The van der Waals surface area contributed by atoms with Crippen molar-refractivity contribution in [3.63, 3.8) is 0 Å². The van der Waals surface area contributed by atoms with Crippen molar-refractivity contribution in [2.45, 2.75) is 39.3 Å². The second-order valence-electron chi connectivity index (χ2n) is 5.86. The molecule has 2 rings (SSSR count). The molecule has 0 aliphatic heterocycles. The van der Waals surface area contributed by atoms with E-state index in [1.54, 1.807) is 18.2 Å². The van der Waals surface area contributed by atoms with Gasteiger partial charge in [0.15, 0.2) is 0 Å². The van der Waals surface area contributed by atoms with Gasteiger partial charge < -0.3 is 10.6 Å². The normalized spacial score (nSPS) is 11.7. The van der Waals surface area contributed by atoms with E-state index in [0.29, 0.717) is 28.0 Å². The van der Waals surface area contributed by atoms with Gasteiger partial charge in [0.2, 0.25) is 0 Å². The highest BCUT2D eigenvalue weighted by Crippen LogP contribution is 2.24. The summed E-state index contributed by atoms with van der Waals surface area (Å²) in [6.07, 6.45) is 0.825. The third-order valence-electron chi connectivity index (χ3n) is 3.72. The van der Waals surface area contributed by atoms with Crippen LogP contribution in [0.2, 0.25) is 10.0 Å². The van der Waals surface area contributed by atoms with E-state index in [1.165, 1.54) is 0 Å². The molecule has 4 nitrogen and oxygen atoms in total. The largest absolute Gasteiger partial charge is 0.376 e. The molecule has 0 amide bonds. The van der Waals surface area contributed by atoms with E-state index in [4.69, 9.17) is 23.2 Å². The zero-order chi connectivity index (χ0) is 16.5. The number of anilines is 2. The van der Waals surface area contributed by atoms with Gasteiger partial charge in [0, 0.05) is 22.1 Å². The minimum Gasteiger partial charge on any atom is -0.376 e. The molecule has 22 heavy (non-hydrogen) atoms. The van der Waals surface area contributed by atoms with Gasteiger partial charge in [-0.1, -0.05) is 30.1 Å². The molecule has 0 saturated carbocycles. The zero-order valence-electron chi connectivity index (χ0n) is 12.7. The molecule has 118 valence electrons. The fourth-order valence-corrected chi connectivity index (χ4v) is 2.35. The average Bonchev–Trinajstić information content (AvgIpc) is 2.49. The van der Waals surface area contributed by atoms with Crippen LogP contribution in [0.15, 0.2) is 27.8 Å². The molecule has 0 unspecified atom stereocenters. The smallest absolute Gasteiger partial charge is 0.253 e. The van der Waals surface area contributed by atoms with Crippen molar-refractivity contribution in [1.82, 2.24) is 0 Å². The van der Waals surface area contributed by atoms with Crippen molar-refractivity contribution in [2.24, 2.45) is 0 Å². The summed E-state index contributed by atoms with van der Waals surface area (Å²) in [5, 5.41) is 7.23. The Balaban J connectivity index is 2.18. The van der Waals surface area contributed by atoms with Crippen LogP contribution in [0.3, 0.4) is 0 Å². The molecule has 2 N–H and O–H groups in total. The Kier molecular flexibility index (Phi) is 4.83. The highest BCUT2D eigenvalue weighted by molar-refractivity contribution is 6.33. The third-order valence-corrected chi connectivity index (χ3v) is 4.32. The molecule has 0 atom stereocenters. The third kappa shape index (κ3) is 3.45.